The second-order valence-electron chi connectivity index (χ2n) is 7.58. The van der Waals surface area contributed by atoms with Crippen LogP contribution in [0.5, 0.6) is 5.75 Å². The number of carbonyl (C=O) groups is 2. The van der Waals surface area contributed by atoms with Crippen molar-refractivity contribution in [2.24, 2.45) is 0 Å². The van der Waals surface area contributed by atoms with Crippen LogP contribution in [0.1, 0.15) is 23.6 Å². The van der Waals surface area contributed by atoms with Gasteiger partial charge >= 0.3 is 0 Å². The van der Waals surface area contributed by atoms with E-state index in [4.69, 9.17) is 4.74 Å². The third kappa shape index (κ3) is 4.57. The molecule has 1 saturated heterocycles. The zero-order valence-electron chi connectivity index (χ0n) is 17.3. The molecule has 7 heteroatoms. The number of methoxy groups -OCH3 is 1. The van der Waals surface area contributed by atoms with Crippen molar-refractivity contribution >= 4 is 33.4 Å². The fraction of sp³-hybridized carbons (Fsp3) is 0.304. The minimum absolute atomic E-state index is 0.115. The molecule has 0 unspecified atom stereocenters. The van der Waals surface area contributed by atoms with Crippen molar-refractivity contribution in [3.8, 4) is 5.75 Å². The van der Waals surface area contributed by atoms with Gasteiger partial charge in [0.15, 0.2) is 0 Å². The molecule has 158 valence electrons. The lowest BCUT2D eigenvalue weighted by Crippen LogP contribution is -3.05. The average Bonchev–Trinajstić information content (AvgIpc) is 2.98. The Kier molecular flexibility index (Phi) is 6.95. The molecular weight excluding hydrogens is 448 g/mol. The molecule has 1 aliphatic rings. The van der Waals surface area contributed by atoms with Crippen LogP contribution in [0.25, 0.3) is 5.76 Å². The monoisotopic (exact) mass is 473 g/mol. The zero-order valence-corrected chi connectivity index (χ0v) is 18.9. The first-order chi connectivity index (χ1) is 14.3. The number of likely N-dealkylation sites (tertiary alicyclic amines) is 1. The molecule has 30 heavy (non-hydrogen) atoms. The number of amides is 1. The van der Waals surface area contributed by atoms with Crippen molar-refractivity contribution in [2.75, 3.05) is 34.3 Å². The SMILES string of the molecule is COc1ccc(C(O)=C2C(=O)C(=O)N(CCC[NH+](C)C)[C@@H]2c2ccc(Br)cc2)cc1. The smallest absolute Gasteiger partial charge is 0.295 e. The molecule has 3 rings (SSSR count). The summed E-state index contributed by atoms with van der Waals surface area (Å²) in [7, 11) is 5.65. The number of Topliss-reactive ketones (excluding diaryl/α,β-unsaturated/α-hetero) is 1. The highest BCUT2D eigenvalue weighted by Gasteiger charge is 2.45. The summed E-state index contributed by atoms with van der Waals surface area (Å²) in [6.07, 6.45) is 0.755. The van der Waals surface area contributed by atoms with E-state index in [9.17, 15) is 14.7 Å². The van der Waals surface area contributed by atoms with Crippen LogP contribution in [0.15, 0.2) is 58.6 Å². The first-order valence-electron chi connectivity index (χ1n) is 9.80. The van der Waals surface area contributed by atoms with Gasteiger partial charge in [0.2, 0.25) is 0 Å². The van der Waals surface area contributed by atoms with Crippen LogP contribution in [-0.4, -0.2) is 56.0 Å². The molecule has 1 aliphatic heterocycles. The number of halogens is 1. The van der Waals surface area contributed by atoms with Crippen LogP contribution in [0.2, 0.25) is 0 Å². The first kappa shape index (κ1) is 22.1. The van der Waals surface area contributed by atoms with Crippen molar-refractivity contribution in [1.29, 1.82) is 0 Å². The van der Waals surface area contributed by atoms with Gasteiger partial charge in [-0.3, -0.25) is 9.59 Å². The van der Waals surface area contributed by atoms with Crippen molar-refractivity contribution < 1.29 is 24.3 Å². The van der Waals surface area contributed by atoms with Gasteiger partial charge in [-0.05, 0) is 42.0 Å². The van der Waals surface area contributed by atoms with E-state index in [1.165, 1.54) is 4.90 Å². The molecule has 2 aromatic rings. The van der Waals surface area contributed by atoms with Gasteiger partial charge in [-0.2, -0.15) is 0 Å². The third-order valence-electron chi connectivity index (χ3n) is 5.16. The molecule has 1 amide bonds. The summed E-state index contributed by atoms with van der Waals surface area (Å²) >= 11 is 3.42. The second-order valence-corrected chi connectivity index (χ2v) is 8.50. The molecule has 2 N–H and O–H groups in total. The fourth-order valence-corrected chi connectivity index (χ4v) is 3.87. The number of nitrogens with zero attached hydrogens (tertiary/aromatic N) is 1. The summed E-state index contributed by atoms with van der Waals surface area (Å²) in [5.74, 6) is -0.771. The van der Waals surface area contributed by atoms with Gasteiger partial charge in [0.1, 0.15) is 11.5 Å². The van der Waals surface area contributed by atoms with E-state index in [1.807, 2.05) is 38.4 Å². The largest absolute Gasteiger partial charge is 0.507 e. The second kappa shape index (κ2) is 9.45. The number of ether oxygens (including phenoxy) is 1. The van der Waals surface area contributed by atoms with E-state index in [0.717, 1.165) is 23.0 Å². The van der Waals surface area contributed by atoms with E-state index in [2.05, 4.69) is 15.9 Å². The maximum Gasteiger partial charge on any atom is 0.295 e. The number of aliphatic hydroxyl groups is 1. The molecule has 2 aromatic carbocycles. The Morgan fingerprint density at radius 2 is 1.73 bits per heavy atom. The van der Waals surface area contributed by atoms with Crippen molar-refractivity contribution in [2.45, 2.75) is 12.5 Å². The molecule has 0 radical (unpaired) electrons. The lowest BCUT2D eigenvalue weighted by atomic mass is 9.95. The highest BCUT2D eigenvalue weighted by atomic mass is 79.9. The first-order valence-corrected chi connectivity index (χ1v) is 10.6. The molecule has 0 aliphatic carbocycles. The quantitative estimate of drug-likeness (QED) is 0.368. The van der Waals surface area contributed by atoms with Crippen molar-refractivity contribution in [3.63, 3.8) is 0 Å². The number of hydrogen-bond acceptors (Lipinski definition) is 4. The summed E-state index contributed by atoms with van der Waals surface area (Å²) in [5.41, 5.74) is 1.36. The minimum atomic E-state index is -0.659. The predicted molar refractivity (Wildman–Crippen MR) is 118 cm³/mol. The summed E-state index contributed by atoms with van der Waals surface area (Å²) in [4.78, 5) is 28.7. The van der Waals surface area contributed by atoms with Gasteiger partial charge in [-0.1, -0.05) is 28.1 Å². The Morgan fingerprint density at radius 3 is 2.30 bits per heavy atom. The maximum absolute atomic E-state index is 13.0. The number of rotatable bonds is 7. The number of nitrogens with one attached hydrogen (secondary N) is 1. The van der Waals surface area contributed by atoms with Crippen LogP contribution in [0.3, 0.4) is 0 Å². The standard InChI is InChI=1S/C23H25BrN2O4/c1-25(2)13-4-14-26-20(15-5-9-17(24)10-6-15)19(22(28)23(26)29)21(27)16-7-11-18(30-3)12-8-16/h5-12,20,27H,4,13-14H2,1-3H3/p+1/t20-/m1/s1. The van der Waals surface area contributed by atoms with Gasteiger partial charge < -0.3 is 19.6 Å². The highest BCUT2D eigenvalue weighted by molar-refractivity contribution is 9.10. The van der Waals surface area contributed by atoms with E-state index >= 15 is 0 Å². The Balaban J connectivity index is 2.06. The number of carbonyl (C=O) groups excluding carboxylic acids is 2. The lowest BCUT2D eigenvalue weighted by Gasteiger charge is -2.25. The molecule has 0 spiro atoms. The molecule has 1 heterocycles. The number of aliphatic hydroxyl groups excluding tert-OH is 1. The molecule has 0 saturated carbocycles. The molecule has 0 aromatic heterocycles. The maximum atomic E-state index is 13.0. The van der Waals surface area contributed by atoms with Crippen LogP contribution < -0.4 is 9.64 Å². The minimum Gasteiger partial charge on any atom is -0.507 e. The Bertz CT molecular complexity index is 952. The number of ketones is 1. The van der Waals surface area contributed by atoms with Gasteiger partial charge in [0, 0.05) is 23.0 Å². The van der Waals surface area contributed by atoms with Gasteiger partial charge in [-0.25, -0.2) is 0 Å². The number of benzene rings is 2. The van der Waals surface area contributed by atoms with Gasteiger partial charge in [0.05, 0.1) is 39.4 Å². The third-order valence-corrected chi connectivity index (χ3v) is 5.69. The molecule has 6 nitrogen and oxygen atoms in total. The summed E-state index contributed by atoms with van der Waals surface area (Å²) in [6, 6.07) is 13.6. The van der Waals surface area contributed by atoms with E-state index in [1.54, 1.807) is 36.3 Å². The molecule has 1 fully saturated rings. The van der Waals surface area contributed by atoms with Gasteiger partial charge in [-0.15, -0.1) is 0 Å². The summed E-state index contributed by atoms with van der Waals surface area (Å²) < 4.78 is 6.06. The highest BCUT2D eigenvalue weighted by Crippen LogP contribution is 2.39. The zero-order chi connectivity index (χ0) is 21.8. The average molecular weight is 474 g/mol. The molecule has 1 atom stereocenters. The van der Waals surface area contributed by atoms with E-state index in [-0.39, 0.29) is 11.3 Å². The Hall–Kier alpha value is -2.64. The van der Waals surface area contributed by atoms with Crippen LogP contribution >= 0.6 is 15.9 Å². The number of hydrogen-bond donors (Lipinski definition) is 2. The topological polar surface area (TPSA) is 71.3 Å². The van der Waals surface area contributed by atoms with Crippen LogP contribution in [0, 0.1) is 0 Å². The number of quaternary nitrogens is 1. The van der Waals surface area contributed by atoms with Crippen LogP contribution in [-0.2, 0) is 9.59 Å². The summed E-state index contributed by atoms with van der Waals surface area (Å²) in [6.45, 7) is 1.31. The van der Waals surface area contributed by atoms with E-state index in [0.29, 0.717) is 17.9 Å². The van der Waals surface area contributed by atoms with E-state index < -0.39 is 17.7 Å². The molecule has 0 bridgehead atoms. The fourth-order valence-electron chi connectivity index (χ4n) is 3.61. The predicted octanol–water partition coefficient (Wildman–Crippen LogP) is 2.41. The Labute approximate surface area is 184 Å². The van der Waals surface area contributed by atoms with Crippen LogP contribution in [0.4, 0.5) is 0 Å². The molecular formula is C23H26BrN2O4+. The van der Waals surface area contributed by atoms with Crippen molar-refractivity contribution in [1.82, 2.24) is 4.90 Å². The normalized spacial score (nSPS) is 18.3. The Morgan fingerprint density at radius 1 is 1.10 bits per heavy atom. The van der Waals surface area contributed by atoms with Crippen molar-refractivity contribution in [3.05, 3.63) is 69.7 Å². The summed E-state index contributed by atoms with van der Waals surface area (Å²) in [5, 5.41) is 11.0. The lowest BCUT2D eigenvalue weighted by molar-refractivity contribution is -0.858. The van der Waals surface area contributed by atoms with Gasteiger partial charge in [0.25, 0.3) is 11.7 Å².